The van der Waals surface area contributed by atoms with Crippen molar-refractivity contribution < 1.29 is 0 Å². The predicted molar refractivity (Wildman–Crippen MR) is 84.6 cm³/mol. The molecule has 0 spiro atoms. The lowest BCUT2D eigenvalue weighted by atomic mass is 10.1. The predicted octanol–water partition coefficient (Wildman–Crippen LogP) is 5.20. The monoisotopic (exact) mass is 273 g/mol. The Morgan fingerprint density at radius 1 is 1.00 bits per heavy atom. The summed E-state index contributed by atoms with van der Waals surface area (Å²) < 4.78 is 0. The quantitative estimate of drug-likeness (QED) is 0.692. The zero-order chi connectivity index (χ0) is 13.8. The van der Waals surface area contributed by atoms with Crippen molar-refractivity contribution in [2.24, 2.45) is 0 Å². The van der Waals surface area contributed by atoms with Crippen molar-refractivity contribution in [1.82, 2.24) is 0 Å². The van der Waals surface area contributed by atoms with E-state index >= 15 is 0 Å². The molecule has 0 N–H and O–H groups in total. The van der Waals surface area contributed by atoms with E-state index in [4.69, 9.17) is 11.6 Å². The molecule has 2 aromatic carbocycles. The van der Waals surface area contributed by atoms with Crippen molar-refractivity contribution in [3.63, 3.8) is 0 Å². The maximum absolute atomic E-state index is 6.10. The van der Waals surface area contributed by atoms with Crippen molar-refractivity contribution in [2.75, 3.05) is 11.4 Å². The fraction of sp³-hybridized carbons (Fsp3) is 0.294. The Morgan fingerprint density at radius 3 is 2.37 bits per heavy atom. The van der Waals surface area contributed by atoms with Gasteiger partial charge in [-0.25, -0.2) is 0 Å². The summed E-state index contributed by atoms with van der Waals surface area (Å²) >= 11 is 6.10. The number of halogens is 1. The first-order valence-electron chi connectivity index (χ1n) is 6.65. The first kappa shape index (κ1) is 14.0. The van der Waals surface area contributed by atoms with Crippen LogP contribution in [0, 0.1) is 13.8 Å². The van der Waals surface area contributed by atoms with E-state index < -0.39 is 0 Å². The Morgan fingerprint density at radius 2 is 1.74 bits per heavy atom. The summed E-state index contributed by atoms with van der Waals surface area (Å²) in [4.78, 5) is 2.31. The van der Waals surface area contributed by atoms with Crippen molar-refractivity contribution in [3.05, 3.63) is 59.2 Å². The lowest BCUT2D eigenvalue weighted by Gasteiger charge is -2.26. The third-order valence-corrected chi connectivity index (χ3v) is 3.59. The van der Waals surface area contributed by atoms with E-state index in [1.807, 2.05) is 0 Å². The third-order valence-electron chi connectivity index (χ3n) is 3.30. The first-order valence-corrected chi connectivity index (χ1v) is 7.19. The van der Waals surface area contributed by atoms with Crippen LogP contribution < -0.4 is 4.90 Å². The zero-order valence-corrected chi connectivity index (χ0v) is 12.5. The highest BCUT2D eigenvalue weighted by Gasteiger charge is 2.11. The number of hydrogen-bond acceptors (Lipinski definition) is 1. The summed E-state index contributed by atoms with van der Waals surface area (Å²) in [5.41, 5.74) is 6.13. The molecule has 100 valence electrons. The molecule has 1 nitrogen and oxygen atoms in total. The molecule has 0 amide bonds. The second kappa shape index (κ2) is 6.12. The van der Waals surface area contributed by atoms with Crippen LogP contribution in [-0.2, 0) is 5.88 Å². The standard InChI is InChI=1S/C17H20ClN/c1-4-19(16-7-5-6-13(2)11-16)17-9-8-14(3)10-15(17)12-18/h5-11H,4,12H2,1-3H3. The Hall–Kier alpha value is -1.47. The highest BCUT2D eigenvalue weighted by molar-refractivity contribution is 6.17. The van der Waals surface area contributed by atoms with Gasteiger partial charge in [0.05, 0.1) is 0 Å². The molecule has 0 aliphatic carbocycles. The Balaban J connectivity index is 2.48. The van der Waals surface area contributed by atoms with E-state index in [0.29, 0.717) is 5.88 Å². The van der Waals surface area contributed by atoms with Crippen LogP contribution in [0.3, 0.4) is 0 Å². The molecule has 0 unspecified atom stereocenters. The number of nitrogens with zero attached hydrogens (tertiary/aromatic N) is 1. The lowest BCUT2D eigenvalue weighted by Crippen LogP contribution is -2.17. The van der Waals surface area contributed by atoms with Gasteiger partial charge in [0, 0.05) is 23.8 Å². The molecular weight excluding hydrogens is 254 g/mol. The average Bonchev–Trinajstić information content (AvgIpc) is 2.41. The minimum atomic E-state index is 0.541. The minimum absolute atomic E-state index is 0.541. The first-order chi connectivity index (χ1) is 9.15. The van der Waals surface area contributed by atoms with Crippen molar-refractivity contribution >= 4 is 23.0 Å². The Bertz CT molecular complexity index is 563. The van der Waals surface area contributed by atoms with Gasteiger partial charge in [0.1, 0.15) is 0 Å². The largest absolute Gasteiger partial charge is 0.342 e. The van der Waals surface area contributed by atoms with Gasteiger partial charge in [-0.1, -0.05) is 29.8 Å². The van der Waals surface area contributed by atoms with Crippen molar-refractivity contribution in [1.29, 1.82) is 0 Å². The summed E-state index contributed by atoms with van der Waals surface area (Å²) in [5.74, 6) is 0.541. The minimum Gasteiger partial charge on any atom is -0.342 e. The highest BCUT2D eigenvalue weighted by atomic mass is 35.5. The maximum atomic E-state index is 6.10. The van der Waals surface area contributed by atoms with Crippen LogP contribution in [0.1, 0.15) is 23.6 Å². The molecule has 0 aromatic heterocycles. The SMILES string of the molecule is CCN(c1cccc(C)c1)c1ccc(C)cc1CCl. The van der Waals surface area contributed by atoms with Gasteiger partial charge >= 0.3 is 0 Å². The number of alkyl halides is 1. The van der Waals surface area contributed by atoms with E-state index in [-0.39, 0.29) is 0 Å². The van der Waals surface area contributed by atoms with E-state index in [1.54, 1.807) is 0 Å². The third kappa shape index (κ3) is 3.10. The van der Waals surface area contributed by atoms with Crippen molar-refractivity contribution in [2.45, 2.75) is 26.7 Å². The second-order valence-corrected chi connectivity index (χ2v) is 5.12. The number of rotatable bonds is 4. The van der Waals surface area contributed by atoms with Crippen LogP contribution in [0.25, 0.3) is 0 Å². The molecule has 0 saturated carbocycles. The van der Waals surface area contributed by atoms with E-state index in [9.17, 15) is 0 Å². The molecule has 2 aromatic rings. The van der Waals surface area contributed by atoms with Crippen LogP contribution in [-0.4, -0.2) is 6.54 Å². The Kier molecular flexibility index (Phi) is 4.49. The van der Waals surface area contributed by atoms with Gasteiger partial charge in [-0.15, -0.1) is 11.6 Å². The van der Waals surface area contributed by atoms with E-state index in [1.165, 1.54) is 28.1 Å². The summed E-state index contributed by atoms with van der Waals surface area (Å²) in [6, 6.07) is 15.1. The van der Waals surface area contributed by atoms with Gasteiger partial charge in [0.15, 0.2) is 0 Å². The van der Waals surface area contributed by atoms with Gasteiger partial charge in [0.25, 0.3) is 0 Å². The normalized spacial score (nSPS) is 10.5. The molecule has 0 bridgehead atoms. The molecule has 0 aliphatic heterocycles. The summed E-state index contributed by atoms with van der Waals surface area (Å²) in [6.45, 7) is 7.31. The highest BCUT2D eigenvalue weighted by Crippen LogP contribution is 2.30. The number of anilines is 2. The van der Waals surface area contributed by atoms with Gasteiger partial charge < -0.3 is 4.90 Å². The van der Waals surface area contributed by atoms with Gasteiger partial charge in [0.2, 0.25) is 0 Å². The molecule has 2 heteroatoms. The molecule has 19 heavy (non-hydrogen) atoms. The Labute approximate surface area is 120 Å². The fourth-order valence-corrected chi connectivity index (χ4v) is 2.59. The molecule has 0 radical (unpaired) electrons. The maximum Gasteiger partial charge on any atom is 0.0494 e. The fourth-order valence-electron chi connectivity index (χ4n) is 2.37. The molecular formula is C17H20ClN. The molecule has 2 rings (SSSR count). The van der Waals surface area contributed by atoms with Crippen LogP contribution in [0.2, 0.25) is 0 Å². The number of benzene rings is 2. The van der Waals surface area contributed by atoms with Crippen LogP contribution in [0.4, 0.5) is 11.4 Å². The van der Waals surface area contributed by atoms with E-state index in [0.717, 1.165) is 6.54 Å². The van der Waals surface area contributed by atoms with Crippen molar-refractivity contribution in [3.8, 4) is 0 Å². The molecule has 0 aliphatic rings. The van der Waals surface area contributed by atoms with Crippen LogP contribution in [0.5, 0.6) is 0 Å². The summed E-state index contributed by atoms with van der Waals surface area (Å²) in [6.07, 6.45) is 0. The van der Waals surface area contributed by atoms with E-state index in [2.05, 4.69) is 68.1 Å². The van der Waals surface area contributed by atoms with Gasteiger partial charge in [-0.2, -0.15) is 0 Å². The van der Waals surface area contributed by atoms with Crippen LogP contribution in [0.15, 0.2) is 42.5 Å². The second-order valence-electron chi connectivity index (χ2n) is 4.85. The molecule has 0 fully saturated rings. The summed E-state index contributed by atoms with van der Waals surface area (Å²) in [5, 5.41) is 0. The topological polar surface area (TPSA) is 3.24 Å². The van der Waals surface area contributed by atoms with Gasteiger partial charge in [-0.05, 0) is 50.1 Å². The van der Waals surface area contributed by atoms with Gasteiger partial charge in [-0.3, -0.25) is 0 Å². The summed E-state index contributed by atoms with van der Waals surface area (Å²) in [7, 11) is 0. The smallest absolute Gasteiger partial charge is 0.0494 e. The number of aryl methyl sites for hydroxylation is 2. The molecule has 0 atom stereocenters. The average molecular weight is 274 g/mol. The number of hydrogen-bond donors (Lipinski definition) is 0. The molecule has 0 saturated heterocycles. The zero-order valence-electron chi connectivity index (χ0n) is 11.8. The molecule has 0 heterocycles. The lowest BCUT2D eigenvalue weighted by molar-refractivity contribution is 1.01. The van der Waals surface area contributed by atoms with Crippen LogP contribution >= 0.6 is 11.6 Å².